The summed E-state index contributed by atoms with van der Waals surface area (Å²) in [5, 5.41) is 4.83. The molecule has 8 heteroatoms. The van der Waals surface area contributed by atoms with Gasteiger partial charge in [-0.2, -0.15) is 0 Å². The van der Waals surface area contributed by atoms with Gasteiger partial charge in [-0.05, 0) is 146 Å². The Morgan fingerprint density at radius 1 is 0.346 bits per heavy atom. The van der Waals surface area contributed by atoms with Gasteiger partial charge in [-0.25, -0.2) is 0 Å². The predicted octanol–water partition coefficient (Wildman–Crippen LogP) is 11.0. The highest BCUT2D eigenvalue weighted by molar-refractivity contribution is 6.76. The molecule has 0 bridgehead atoms. The predicted molar refractivity (Wildman–Crippen MR) is 237 cm³/mol. The van der Waals surface area contributed by atoms with Crippen LogP contribution < -0.4 is 38.6 Å². The molecular weight excluding hydrogens is 705 g/mol. The van der Waals surface area contributed by atoms with Gasteiger partial charge in [0.25, 0.3) is 33.3 Å². The van der Waals surface area contributed by atoms with Crippen LogP contribution in [0.25, 0.3) is 23.3 Å². The lowest BCUT2D eigenvalue weighted by molar-refractivity contribution is 0.470. The Morgan fingerprint density at radius 2 is 0.538 bits per heavy atom. The zero-order valence-corrected chi connectivity index (χ0v) is 41.8. The summed E-state index contributed by atoms with van der Waals surface area (Å²) in [5.74, 6) is 4.05. The number of hydrogen-bond donors (Lipinski definition) is 0. The molecule has 2 aromatic rings. The smallest absolute Gasteiger partial charge is 0.250 e. The Labute approximate surface area is 322 Å². The third-order valence-corrected chi connectivity index (χ3v) is 31.3. The highest BCUT2D eigenvalue weighted by Crippen LogP contribution is 2.44. The van der Waals surface area contributed by atoms with Crippen LogP contribution in [0.3, 0.4) is 0 Å². The van der Waals surface area contributed by atoms with Crippen molar-refractivity contribution in [2.75, 3.05) is 0 Å². The first-order chi connectivity index (χ1) is 23.0. The number of rotatable bonds is 8. The van der Waals surface area contributed by atoms with Crippen LogP contribution in [-0.2, 0) is 0 Å². The van der Waals surface area contributed by atoms with E-state index >= 15 is 0 Å². The average molecular weight is 779 g/mol. The molecule has 2 aromatic carbocycles. The molecule has 0 N–H and O–H groups in total. The molecular formula is C44H74O4Si4. The van der Waals surface area contributed by atoms with Crippen molar-refractivity contribution in [3.63, 3.8) is 0 Å². The number of benzene rings is 2. The van der Waals surface area contributed by atoms with E-state index in [4.69, 9.17) is 17.7 Å². The third-order valence-electron chi connectivity index (χ3n) is 14.0. The molecule has 4 nitrogen and oxygen atoms in total. The minimum Gasteiger partial charge on any atom is -0.543 e. The van der Waals surface area contributed by atoms with Gasteiger partial charge in [0.05, 0.1) is 0 Å². The molecule has 0 fully saturated rings. The summed E-state index contributed by atoms with van der Waals surface area (Å²) in [6.45, 7) is 55.7. The van der Waals surface area contributed by atoms with Crippen LogP contribution in [0.15, 0.2) is 0 Å². The standard InChI is InChI=1S/C44H74O4Si4/c1-27-29(3)39(47-51(21,22)43(11,12)13)35-32-26-34-36(31(32)25-33(35)37(27)45-49(17,18)41(5,6)7)40(48-52(23,24)44(14,15)16)30(4)28(2)38(34)46-50(19,20)42(8,9)10/h25-26H,1-24H3. The molecule has 52 heavy (non-hydrogen) atoms. The highest BCUT2D eigenvalue weighted by atomic mass is 28.4. The van der Waals surface area contributed by atoms with Gasteiger partial charge in [-0.3, -0.25) is 0 Å². The second-order valence-corrected chi connectivity index (χ2v) is 40.9. The minimum absolute atomic E-state index is 0.0427. The fourth-order valence-electron chi connectivity index (χ4n) is 5.75. The fraction of sp³-hybridized carbons (Fsp3) is 0.636. The molecule has 290 valence electrons. The van der Waals surface area contributed by atoms with Gasteiger partial charge in [0.2, 0.25) is 0 Å². The van der Waals surface area contributed by atoms with Gasteiger partial charge >= 0.3 is 0 Å². The van der Waals surface area contributed by atoms with Crippen LogP contribution >= 0.6 is 0 Å². The molecule has 2 aliphatic carbocycles. The first-order valence-electron chi connectivity index (χ1n) is 19.5. The molecule has 0 amide bonds. The molecule has 0 aliphatic heterocycles. The highest BCUT2D eigenvalue weighted by Gasteiger charge is 2.45. The summed E-state index contributed by atoms with van der Waals surface area (Å²) in [4.78, 5) is 0. The molecule has 0 unspecified atom stereocenters. The van der Waals surface area contributed by atoms with Gasteiger partial charge in [-0.15, -0.1) is 0 Å². The van der Waals surface area contributed by atoms with Crippen molar-refractivity contribution >= 4 is 56.6 Å². The Morgan fingerprint density at radius 3 is 0.750 bits per heavy atom. The van der Waals surface area contributed by atoms with E-state index in [1.54, 1.807) is 0 Å². The summed E-state index contributed by atoms with van der Waals surface area (Å²) < 4.78 is 29.5. The quantitative estimate of drug-likeness (QED) is 0.250. The van der Waals surface area contributed by atoms with Crippen molar-refractivity contribution in [3.05, 3.63) is 43.1 Å². The summed E-state index contributed by atoms with van der Waals surface area (Å²) in [6, 6.07) is 0. The molecule has 0 spiro atoms. The van der Waals surface area contributed by atoms with E-state index in [0.29, 0.717) is 0 Å². The largest absolute Gasteiger partial charge is 0.543 e. The van der Waals surface area contributed by atoms with E-state index in [1.807, 2.05) is 0 Å². The van der Waals surface area contributed by atoms with Crippen molar-refractivity contribution in [3.8, 4) is 23.0 Å². The normalized spacial score (nSPS) is 15.5. The lowest BCUT2D eigenvalue weighted by atomic mass is 10.0. The summed E-state index contributed by atoms with van der Waals surface area (Å²) >= 11 is 0. The summed E-state index contributed by atoms with van der Waals surface area (Å²) in [6.07, 6.45) is 4.81. The summed E-state index contributed by atoms with van der Waals surface area (Å²) in [5.41, 5.74) is 7.10. The zero-order chi connectivity index (χ0) is 40.3. The van der Waals surface area contributed by atoms with Crippen LogP contribution in [0.1, 0.15) is 105 Å². The molecule has 0 aromatic heterocycles. The zero-order valence-electron chi connectivity index (χ0n) is 37.8. The maximum Gasteiger partial charge on any atom is 0.250 e. The van der Waals surface area contributed by atoms with Gasteiger partial charge in [0, 0.05) is 20.9 Å². The topological polar surface area (TPSA) is 36.9 Å². The Hall–Kier alpha value is -2.01. The lowest BCUT2D eigenvalue weighted by Gasteiger charge is -2.39. The van der Waals surface area contributed by atoms with E-state index < -0.39 is 33.3 Å². The maximum atomic E-state index is 7.41. The Balaban J connectivity index is 2.31. The monoisotopic (exact) mass is 778 g/mol. The van der Waals surface area contributed by atoms with Crippen molar-refractivity contribution in [1.82, 2.24) is 0 Å². The Kier molecular flexibility index (Phi) is 10.5. The van der Waals surface area contributed by atoms with Crippen molar-refractivity contribution in [2.24, 2.45) is 0 Å². The minimum atomic E-state index is -2.23. The molecule has 0 atom stereocenters. The van der Waals surface area contributed by atoms with Crippen LogP contribution in [0, 0.1) is 27.7 Å². The molecule has 0 saturated carbocycles. The maximum absolute atomic E-state index is 7.41. The SMILES string of the molecule is Cc1c(C)c(O[Si](C)(C)C(C)(C)C)c2c(c1O[Si](C)(C)C(C)(C)C)=CC1=c3c(O[Si](C)(C)C(C)(C)C)c(C)c(C)c(O[Si](C)(C)C(C)(C)C)c3=CC=21. The molecule has 0 heterocycles. The Bertz CT molecular complexity index is 1910. The summed E-state index contributed by atoms with van der Waals surface area (Å²) in [7, 11) is -8.84. The van der Waals surface area contributed by atoms with E-state index in [-0.39, 0.29) is 20.2 Å². The second kappa shape index (κ2) is 12.8. The van der Waals surface area contributed by atoms with E-state index in [0.717, 1.165) is 33.4 Å². The van der Waals surface area contributed by atoms with Crippen LogP contribution in [-0.4, -0.2) is 33.3 Å². The van der Waals surface area contributed by atoms with Crippen LogP contribution in [0.4, 0.5) is 0 Å². The van der Waals surface area contributed by atoms with Crippen LogP contribution in [0.5, 0.6) is 23.0 Å². The van der Waals surface area contributed by atoms with E-state index in [1.165, 1.54) is 43.8 Å². The van der Waals surface area contributed by atoms with Crippen molar-refractivity contribution in [1.29, 1.82) is 0 Å². The lowest BCUT2D eigenvalue weighted by Crippen LogP contribution is -2.48. The first-order valence-corrected chi connectivity index (χ1v) is 31.2. The van der Waals surface area contributed by atoms with Gasteiger partial charge < -0.3 is 17.7 Å². The third kappa shape index (κ3) is 7.12. The molecule has 2 aliphatic rings. The molecule has 4 rings (SSSR count). The fourth-order valence-corrected chi connectivity index (χ4v) is 10.1. The van der Waals surface area contributed by atoms with Crippen LogP contribution in [0.2, 0.25) is 72.5 Å². The average Bonchev–Trinajstić information content (AvgIpc) is 3.48. The van der Waals surface area contributed by atoms with Crippen molar-refractivity contribution in [2.45, 2.75) is 183 Å². The molecule has 0 saturated heterocycles. The van der Waals surface area contributed by atoms with Gasteiger partial charge in [0.15, 0.2) is 0 Å². The van der Waals surface area contributed by atoms with Gasteiger partial charge in [0.1, 0.15) is 23.0 Å². The number of hydrogen-bond acceptors (Lipinski definition) is 4. The van der Waals surface area contributed by atoms with E-state index in [2.05, 4.69) is 175 Å². The van der Waals surface area contributed by atoms with E-state index in [9.17, 15) is 0 Å². The van der Waals surface area contributed by atoms with Crippen molar-refractivity contribution < 1.29 is 17.7 Å². The molecule has 0 radical (unpaired) electrons. The number of fused-ring (bicyclic) bond motifs is 3. The first kappa shape index (κ1) is 42.7. The second-order valence-electron chi connectivity index (χ2n) is 22.0. The van der Waals surface area contributed by atoms with Gasteiger partial charge in [-0.1, -0.05) is 83.1 Å².